The van der Waals surface area contributed by atoms with E-state index in [4.69, 9.17) is 15.2 Å². The zero-order valence-corrected chi connectivity index (χ0v) is 17.5. The summed E-state index contributed by atoms with van der Waals surface area (Å²) in [6.07, 6.45) is 7.53. The van der Waals surface area contributed by atoms with Gasteiger partial charge in [0.2, 0.25) is 11.8 Å². The summed E-state index contributed by atoms with van der Waals surface area (Å²) >= 11 is 0. The summed E-state index contributed by atoms with van der Waals surface area (Å²) in [5.41, 5.74) is 7.00. The highest BCUT2D eigenvalue weighted by atomic mass is 16.5. The van der Waals surface area contributed by atoms with Gasteiger partial charge in [-0.1, -0.05) is 43.2 Å². The minimum absolute atomic E-state index is 0.133. The molecule has 0 bridgehead atoms. The van der Waals surface area contributed by atoms with Crippen molar-refractivity contribution in [2.75, 3.05) is 6.61 Å². The van der Waals surface area contributed by atoms with Gasteiger partial charge in [0.05, 0.1) is 17.8 Å². The fourth-order valence-corrected chi connectivity index (χ4v) is 4.87. The fraction of sp³-hybridized carbons (Fsp3) is 0.360. The molecule has 160 valence electrons. The smallest absolute Gasteiger partial charge is 0.250 e. The van der Waals surface area contributed by atoms with E-state index >= 15 is 0 Å². The molecule has 3 aromatic rings. The van der Waals surface area contributed by atoms with Crippen LogP contribution in [0.15, 0.2) is 54.7 Å². The summed E-state index contributed by atoms with van der Waals surface area (Å²) in [7, 11) is 0. The fourth-order valence-electron chi connectivity index (χ4n) is 4.87. The van der Waals surface area contributed by atoms with Gasteiger partial charge in [0.1, 0.15) is 5.75 Å². The van der Waals surface area contributed by atoms with Crippen molar-refractivity contribution in [3.8, 4) is 11.6 Å². The third kappa shape index (κ3) is 4.13. The van der Waals surface area contributed by atoms with Gasteiger partial charge in [-0.15, -0.1) is 0 Å². The maximum Gasteiger partial charge on any atom is 0.250 e. The molecule has 6 nitrogen and oxygen atoms in total. The average molecular weight is 418 g/mol. The zero-order valence-electron chi connectivity index (χ0n) is 17.5. The summed E-state index contributed by atoms with van der Waals surface area (Å²) in [6, 6.07) is 16.0. The molecule has 6 heteroatoms. The molecule has 5 rings (SSSR count). The van der Waals surface area contributed by atoms with Crippen LogP contribution in [-0.4, -0.2) is 29.1 Å². The quantitative estimate of drug-likeness (QED) is 0.624. The van der Waals surface area contributed by atoms with E-state index in [1.807, 2.05) is 18.2 Å². The summed E-state index contributed by atoms with van der Waals surface area (Å²) in [6.45, 7) is 1.59. The molecule has 2 heterocycles. The van der Waals surface area contributed by atoms with Gasteiger partial charge in [0, 0.05) is 30.2 Å². The van der Waals surface area contributed by atoms with E-state index in [2.05, 4.69) is 28.5 Å². The number of nitrogens with zero attached hydrogens (tertiary/aromatic N) is 1. The van der Waals surface area contributed by atoms with Crippen LogP contribution in [0.2, 0.25) is 0 Å². The number of hydrogen-bond acceptors (Lipinski definition) is 5. The van der Waals surface area contributed by atoms with Gasteiger partial charge in [-0.3, -0.25) is 4.79 Å². The Hall–Kier alpha value is -2.96. The van der Waals surface area contributed by atoms with E-state index in [1.54, 1.807) is 12.1 Å². The van der Waals surface area contributed by atoms with Gasteiger partial charge in [0.25, 0.3) is 0 Å². The lowest BCUT2D eigenvalue weighted by Gasteiger charge is -2.21. The van der Waals surface area contributed by atoms with Crippen LogP contribution < -0.4 is 15.8 Å². The van der Waals surface area contributed by atoms with E-state index in [0.717, 1.165) is 36.1 Å². The van der Waals surface area contributed by atoms with Crippen molar-refractivity contribution in [3.63, 3.8) is 0 Å². The second kappa shape index (κ2) is 8.29. The maximum absolute atomic E-state index is 11.2. The number of ether oxygens (including phenoxy) is 2. The molecular formula is C25H27N3O3. The van der Waals surface area contributed by atoms with Crippen LogP contribution in [-0.2, 0) is 11.3 Å². The number of benzene rings is 2. The monoisotopic (exact) mass is 417 g/mol. The highest BCUT2D eigenvalue weighted by Gasteiger charge is 2.42. The number of rotatable bonds is 6. The van der Waals surface area contributed by atoms with Crippen molar-refractivity contribution in [2.45, 2.75) is 50.3 Å². The first-order valence-electron chi connectivity index (χ1n) is 10.9. The van der Waals surface area contributed by atoms with Crippen molar-refractivity contribution >= 4 is 16.7 Å². The van der Waals surface area contributed by atoms with Crippen LogP contribution in [0, 0.1) is 0 Å². The number of pyridine rings is 1. The minimum Gasteiger partial charge on any atom is -0.438 e. The number of aromatic nitrogens is 1. The molecule has 31 heavy (non-hydrogen) atoms. The first-order chi connectivity index (χ1) is 15.1. The standard InChI is InChI=1S/C25H27N3O3/c26-24(29)18-8-10-23(28-15-18)31-22-9-7-17(20-5-1-2-6-21(20)22)14-27-19-13-25(30-16-19)11-3-4-12-25/h1-2,5-10,15,19,27H,3-4,11-14,16H2,(H2,26,29)/t19-/m1/s1. The third-order valence-electron chi connectivity index (χ3n) is 6.51. The van der Waals surface area contributed by atoms with Crippen molar-refractivity contribution in [1.29, 1.82) is 0 Å². The zero-order chi connectivity index (χ0) is 21.3. The molecule has 1 spiro atoms. The molecule has 2 fully saturated rings. The first kappa shape index (κ1) is 20.0. The molecule has 1 aliphatic carbocycles. The van der Waals surface area contributed by atoms with Crippen molar-refractivity contribution in [3.05, 3.63) is 65.9 Å². The maximum atomic E-state index is 11.2. The number of carbonyl (C=O) groups is 1. The van der Waals surface area contributed by atoms with Gasteiger partial charge >= 0.3 is 0 Å². The Balaban J connectivity index is 1.32. The van der Waals surface area contributed by atoms with Crippen LogP contribution >= 0.6 is 0 Å². The molecule has 1 saturated heterocycles. The van der Waals surface area contributed by atoms with Crippen LogP contribution in [0.25, 0.3) is 10.8 Å². The number of nitrogens with one attached hydrogen (secondary N) is 1. The minimum atomic E-state index is -0.507. The molecule has 1 aliphatic heterocycles. The van der Waals surface area contributed by atoms with Gasteiger partial charge in [-0.2, -0.15) is 0 Å². The largest absolute Gasteiger partial charge is 0.438 e. The molecule has 2 aromatic carbocycles. The van der Waals surface area contributed by atoms with E-state index in [-0.39, 0.29) is 5.60 Å². The molecule has 1 saturated carbocycles. The summed E-state index contributed by atoms with van der Waals surface area (Å²) in [4.78, 5) is 15.4. The Kier molecular flexibility index (Phi) is 5.34. The number of amides is 1. The van der Waals surface area contributed by atoms with Gasteiger partial charge in [0.15, 0.2) is 0 Å². The number of nitrogens with two attached hydrogens (primary N) is 1. The third-order valence-corrected chi connectivity index (χ3v) is 6.51. The summed E-state index contributed by atoms with van der Waals surface area (Å²) < 4.78 is 12.2. The predicted molar refractivity (Wildman–Crippen MR) is 119 cm³/mol. The molecular weight excluding hydrogens is 390 g/mol. The van der Waals surface area contributed by atoms with Crippen LogP contribution in [0.1, 0.15) is 48.0 Å². The van der Waals surface area contributed by atoms with Crippen molar-refractivity contribution in [2.24, 2.45) is 5.73 Å². The topological polar surface area (TPSA) is 86.5 Å². The molecule has 2 aliphatic rings. The second-order valence-corrected chi connectivity index (χ2v) is 8.60. The Labute approximate surface area is 181 Å². The van der Waals surface area contributed by atoms with E-state index in [9.17, 15) is 4.79 Å². The van der Waals surface area contributed by atoms with Crippen LogP contribution in [0.5, 0.6) is 11.6 Å². The van der Waals surface area contributed by atoms with Crippen LogP contribution in [0.4, 0.5) is 0 Å². The molecule has 1 amide bonds. The Morgan fingerprint density at radius 1 is 1.13 bits per heavy atom. The first-order valence-corrected chi connectivity index (χ1v) is 10.9. The Morgan fingerprint density at radius 3 is 2.68 bits per heavy atom. The molecule has 3 N–H and O–H groups in total. The van der Waals surface area contributed by atoms with E-state index in [1.165, 1.54) is 37.4 Å². The average Bonchev–Trinajstić information content (AvgIpc) is 3.43. The molecule has 0 unspecified atom stereocenters. The van der Waals surface area contributed by atoms with Crippen molar-refractivity contribution < 1.29 is 14.3 Å². The van der Waals surface area contributed by atoms with Crippen LogP contribution in [0.3, 0.4) is 0 Å². The lowest BCUT2D eigenvalue weighted by atomic mass is 9.96. The van der Waals surface area contributed by atoms with Gasteiger partial charge < -0.3 is 20.5 Å². The number of fused-ring (bicyclic) bond motifs is 1. The lowest BCUT2D eigenvalue weighted by Crippen LogP contribution is -2.31. The SMILES string of the molecule is NC(=O)c1ccc(Oc2ccc(CN[C@H]3COC4(CCCC4)C3)c3ccccc23)nc1. The van der Waals surface area contributed by atoms with Crippen molar-refractivity contribution in [1.82, 2.24) is 10.3 Å². The highest BCUT2D eigenvalue weighted by molar-refractivity contribution is 5.92. The number of carbonyl (C=O) groups excluding carboxylic acids is 1. The second-order valence-electron chi connectivity index (χ2n) is 8.60. The Morgan fingerprint density at radius 2 is 1.94 bits per heavy atom. The molecule has 0 radical (unpaired) electrons. The van der Waals surface area contributed by atoms with Gasteiger partial charge in [-0.25, -0.2) is 4.98 Å². The van der Waals surface area contributed by atoms with E-state index < -0.39 is 5.91 Å². The summed E-state index contributed by atoms with van der Waals surface area (Å²) in [5.74, 6) is 0.645. The number of primary amides is 1. The number of hydrogen-bond donors (Lipinski definition) is 2. The van der Waals surface area contributed by atoms with Gasteiger partial charge in [-0.05, 0) is 42.3 Å². The summed E-state index contributed by atoms with van der Waals surface area (Å²) in [5, 5.41) is 5.88. The predicted octanol–water partition coefficient (Wildman–Crippen LogP) is 4.32. The molecule has 1 atom stereocenters. The lowest BCUT2D eigenvalue weighted by molar-refractivity contribution is 0.00989. The molecule has 1 aromatic heterocycles. The highest BCUT2D eigenvalue weighted by Crippen LogP contribution is 2.41. The Bertz CT molecular complexity index is 1090. The normalized spacial score (nSPS) is 19.8. The van der Waals surface area contributed by atoms with E-state index in [0.29, 0.717) is 17.5 Å².